The fraction of sp³-hybridized carbons (Fsp3) is 1.00. The molecule has 0 aromatic heterocycles. The monoisotopic (exact) mass is 338 g/mol. The van der Waals surface area contributed by atoms with E-state index in [-0.39, 0.29) is 12.3 Å². The lowest BCUT2D eigenvalue weighted by Crippen LogP contribution is -1.90. The molecule has 0 rings (SSSR count). The van der Waals surface area contributed by atoms with Gasteiger partial charge in [0.25, 0.3) is 0 Å². The largest absolute Gasteiger partial charge is 0.325 e. The Morgan fingerprint density at radius 1 is 0.667 bits per heavy atom. The van der Waals surface area contributed by atoms with Crippen molar-refractivity contribution in [3.05, 3.63) is 0 Å². The van der Waals surface area contributed by atoms with Crippen molar-refractivity contribution in [3.8, 4) is 0 Å². The van der Waals surface area contributed by atoms with Crippen LogP contribution in [-0.2, 0) is 9.13 Å². The summed E-state index contributed by atoms with van der Waals surface area (Å²) < 4.78 is 21.1. The van der Waals surface area contributed by atoms with E-state index in [1.807, 2.05) is 0 Å². The van der Waals surface area contributed by atoms with Crippen molar-refractivity contribution in [2.45, 2.75) is 25.7 Å². The summed E-state index contributed by atoms with van der Waals surface area (Å²) >= 11 is 0. The van der Waals surface area contributed by atoms with Crippen molar-refractivity contribution in [1.82, 2.24) is 0 Å². The van der Waals surface area contributed by atoms with E-state index in [9.17, 15) is 9.13 Å². The van der Waals surface area contributed by atoms with Gasteiger partial charge in [-0.3, -0.25) is 9.13 Å². The first-order chi connectivity index (χ1) is 8.21. The Morgan fingerprint density at radius 3 is 1.28 bits per heavy atom. The lowest BCUT2D eigenvalue weighted by molar-refractivity contribution is 0.369. The summed E-state index contributed by atoms with van der Waals surface area (Å²) in [4.78, 5) is 34.5. The first-order valence-electron chi connectivity index (χ1n) is 5.54. The van der Waals surface area contributed by atoms with Gasteiger partial charge in [0, 0.05) is 23.8 Å². The normalized spacial score (nSPS) is 12.9. The summed E-state index contributed by atoms with van der Waals surface area (Å²) in [5, 5.41) is 0. The quantitative estimate of drug-likeness (QED) is 0.258. The Bertz CT molecular complexity index is 272. The predicted octanol–water partition coefficient (Wildman–Crippen LogP) is 2.28. The zero-order valence-electron chi connectivity index (χ0n) is 9.97. The molecule has 0 aliphatic carbocycles. The van der Waals surface area contributed by atoms with Crippen molar-refractivity contribution < 1.29 is 28.7 Å². The van der Waals surface area contributed by atoms with Crippen LogP contribution in [0.3, 0.4) is 0 Å². The first-order valence-corrected chi connectivity index (χ1v) is 11.6. The van der Waals surface area contributed by atoms with Crippen molar-refractivity contribution in [2.24, 2.45) is 0 Å². The molecule has 0 heterocycles. The Balaban J connectivity index is 3.17. The maximum absolute atomic E-state index is 10.5. The van der Waals surface area contributed by atoms with Gasteiger partial charge in [-0.25, -0.2) is 0 Å². The second-order valence-electron chi connectivity index (χ2n) is 3.83. The van der Waals surface area contributed by atoms with Crippen LogP contribution in [0.25, 0.3) is 0 Å². The Labute approximate surface area is 115 Å². The van der Waals surface area contributed by atoms with Gasteiger partial charge in [-0.2, -0.15) is 0 Å². The molecule has 0 radical (unpaired) electrons. The van der Waals surface area contributed by atoms with Crippen LogP contribution in [0.5, 0.6) is 0 Å². The van der Waals surface area contributed by atoms with Gasteiger partial charge < -0.3 is 19.6 Å². The van der Waals surface area contributed by atoms with Crippen LogP contribution in [0.4, 0.5) is 0 Å². The molecule has 10 heteroatoms. The SMILES string of the molecule is O=P(O)(O)CCCCSSCCCCP(=O)(O)O. The molecule has 0 spiro atoms. The molecule has 0 aliphatic heterocycles. The number of unbranched alkanes of at least 4 members (excludes halogenated alkanes) is 2. The van der Waals surface area contributed by atoms with Crippen molar-refractivity contribution in [3.63, 3.8) is 0 Å². The van der Waals surface area contributed by atoms with Crippen LogP contribution in [0, 0.1) is 0 Å². The zero-order valence-corrected chi connectivity index (χ0v) is 13.4. The van der Waals surface area contributed by atoms with E-state index in [0.717, 1.165) is 24.3 Å². The lowest BCUT2D eigenvalue weighted by atomic mass is 10.4. The Morgan fingerprint density at radius 2 is 1.00 bits per heavy atom. The maximum atomic E-state index is 10.5. The standard InChI is InChI=1S/C8H20O6P2S2/c9-15(10,11)5-1-3-7-17-18-8-4-2-6-16(12,13)14/h1-8H2,(H2,9,10,11)(H2,12,13,14). The summed E-state index contributed by atoms with van der Waals surface area (Å²) in [6.07, 6.45) is 2.48. The predicted molar refractivity (Wildman–Crippen MR) is 77.2 cm³/mol. The van der Waals surface area contributed by atoms with Gasteiger partial charge in [0.15, 0.2) is 0 Å². The van der Waals surface area contributed by atoms with Crippen molar-refractivity contribution in [2.75, 3.05) is 23.8 Å². The highest BCUT2D eigenvalue weighted by molar-refractivity contribution is 8.76. The third-order valence-electron chi connectivity index (χ3n) is 1.94. The summed E-state index contributed by atoms with van der Waals surface area (Å²) in [5.41, 5.74) is 0. The molecule has 4 N–H and O–H groups in total. The highest BCUT2D eigenvalue weighted by Gasteiger charge is 2.12. The average Bonchev–Trinajstić information content (AvgIpc) is 2.17. The van der Waals surface area contributed by atoms with E-state index in [4.69, 9.17) is 19.6 Å². The second-order valence-corrected chi connectivity index (χ2v) is 10.1. The lowest BCUT2D eigenvalue weighted by Gasteiger charge is -2.04. The first kappa shape index (κ1) is 19.0. The molecular formula is C8H20O6P2S2. The molecule has 110 valence electrons. The number of rotatable bonds is 11. The van der Waals surface area contributed by atoms with Gasteiger partial charge in [0.05, 0.1) is 0 Å². The molecule has 0 aromatic carbocycles. The Hall–Kier alpha value is 1.000. The summed E-state index contributed by atoms with van der Waals surface area (Å²) in [5.74, 6) is 1.67. The number of hydrogen-bond donors (Lipinski definition) is 4. The van der Waals surface area contributed by atoms with Gasteiger partial charge in [-0.1, -0.05) is 21.6 Å². The van der Waals surface area contributed by atoms with E-state index >= 15 is 0 Å². The molecule has 0 saturated carbocycles. The van der Waals surface area contributed by atoms with E-state index < -0.39 is 15.2 Å². The minimum atomic E-state index is -3.84. The van der Waals surface area contributed by atoms with Crippen LogP contribution in [0.1, 0.15) is 25.7 Å². The van der Waals surface area contributed by atoms with Gasteiger partial charge >= 0.3 is 15.2 Å². The van der Waals surface area contributed by atoms with E-state index in [1.165, 1.54) is 0 Å². The fourth-order valence-electron chi connectivity index (χ4n) is 1.08. The fourth-order valence-corrected chi connectivity index (χ4v) is 4.64. The van der Waals surface area contributed by atoms with Gasteiger partial charge in [-0.05, 0) is 25.7 Å². The summed E-state index contributed by atoms with van der Waals surface area (Å²) in [6, 6.07) is 0. The van der Waals surface area contributed by atoms with Gasteiger partial charge in [-0.15, -0.1) is 0 Å². The smallest absolute Gasteiger partial charge is 0.324 e. The number of hydrogen-bond acceptors (Lipinski definition) is 4. The van der Waals surface area contributed by atoms with Crippen LogP contribution < -0.4 is 0 Å². The molecule has 0 bridgehead atoms. The van der Waals surface area contributed by atoms with E-state index in [0.29, 0.717) is 12.8 Å². The van der Waals surface area contributed by atoms with Crippen molar-refractivity contribution in [1.29, 1.82) is 0 Å². The van der Waals surface area contributed by atoms with Crippen LogP contribution in [0.15, 0.2) is 0 Å². The third-order valence-corrected chi connectivity index (χ3v) is 6.31. The van der Waals surface area contributed by atoms with Crippen LogP contribution >= 0.6 is 36.8 Å². The topological polar surface area (TPSA) is 115 Å². The molecule has 6 nitrogen and oxygen atoms in total. The molecule has 18 heavy (non-hydrogen) atoms. The molecular weight excluding hydrogens is 318 g/mol. The minimum absolute atomic E-state index is 0.0550. The molecule has 0 amide bonds. The zero-order chi connectivity index (χ0) is 14.1. The van der Waals surface area contributed by atoms with Gasteiger partial charge in [0.2, 0.25) is 0 Å². The Kier molecular flexibility index (Phi) is 10.4. The molecule has 0 aromatic rings. The van der Waals surface area contributed by atoms with E-state index in [2.05, 4.69) is 0 Å². The highest BCUT2D eigenvalue weighted by atomic mass is 33.1. The minimum Gasteiger partial charge on any atom is -0.324 e. The third kappa shape index (κ3) is 17.0. The van der Waals surface area contributed by atoms with Gasteiger partial charge in [0.1, 0.15) is 0 Å². The highest BCUT2D eigenvalue weighted by Crippen LogP contribution is 2.37. The second kappa shape index (κ2) is 9.83. The molecule has 0 atom stereocenters. The molecule has 0 fully saturated rings. The molecule has 0 saturated heterocycles. The van der Waals surface area contributed by atoms with Crippen molar-refractivity contribution >= 4 is 36.8 Å². The molecule has 0 unspecified atom stereocenters. The van der Waals surface area contributed by atoms with Crippen LogP contribution in [0.2, 0.25) is 0 Å². The summed E-state index contributed by atoms with van der Waals surface area (Å²) in [6.45, 7) is 0. The van der Waals surface area contributed by atoms with E-state index in [1.54, 1.807) is 21.6 Å². The average molecular weight is 338 g/mol. The van der Waals surface area contributed by atoms with Crippen LogP contribution in [-0.4, -0.2) is 43.4 Å². The molecule has 0 aliphatic rings. The maximum Gasteiger partial charge on any atom is 0.325 e. The summed E-state index contributed by atoms with van der Waals surface area (Å²) in [7, 11) is -4.42.